The van der Waals surface area contributed by atoms with Crippen molar-refractivity contribution in [3.8, 4) is 0 Å². The van der Waals surface area contributed by atoms with E-state index >= 15 is 0 Å². The van der Waals surface area contributed by atoms with Crippen LogP contribution in [0.5, 0.6) is 0 Å². The highest BCUT2D eigenvalue weighted by molar-refractivity contribution is 7.16. The second kappa shape index (κ2) is 10.8. The van der Waals surface area contributed by atoms with E-state index in [1.54, 1.807) is 40.1 Å². The fourth-order valence-electron chi connectivity index (χ4n) is 5.37. The minimum atomic E-state index is -0.539. The third-order valence-electron chi connectivity index (χ3n) is 7.39. The van der Waals surface area contributed by atoms with E-state index in [-0.39, 0.29) is 23.2 Å². The number of amides is 1. The molecule has 1 aliphatic carbocycles. The lowest BCUT2D eigenvalue weighted by molar-refractivity contribution is 0.0987. The molecule has 2 unspecified atom stereocenters. The number of rotatable bonds is 8. The molecule has 1 aliphatic heterocycles. The molecule has 2 aliphatic rings. The Balaban J connectivity index is 1.45. The fraction of sp³-hybridized carbons (Fsp3) is 0.370. The Morgan fingerprint density at radius 1 is 1.20 bits per heavy atom. The zero-order valence-corrected chi connectivity index (χ0v) is 24.5. The van der Waals surface area contributed by atoms with Crippen molar-refractivity contribution in [2.75, 3.05) is 34.9 Å². The van der Waals surface area contributed by atoms with Gasteiger partial charge in [0.15, 0.2) is 0 Å². The first-order valence-corrected chi connectivity index (χ1v) is 14.7. The number of hydrogen-bond acceptors (Lipinski definition) is 9. The predicted molar refractivity (Wildman–Crippen MR) is 161 cm³/mol. The largest absolute Gasteiger partial charge is 0.354 e. The van der Waals surface area contributed by atoms with Crippen LogP contribution in [-0.2, 0) is 6.54 Å². The Kier molecular flexibility index (Phi) is 7.21. The Hall–Kier alpha value is -3.89. The van der Waals surface area contributed by atoms with Crippen LogP contribution in [0.15, 0.2) is 46.4 Å². The molecule has 5 heterocycles. The summed E-state index contributed by atoms with van der Waals surface area (Å²) >= 11 is 5.93. The number of aromatic nitrogens is 6. The van der Waals surface area contributed by atoms with E-state index < -0.39 is 6.17 Å². The lowest BCUT2D eigenvalue weighted by Crippen LogP contribution is -2.40. The van der Waals surface area contributed by atoms with Crippen LogP contribution >= 0.6 is 20.8 Å². The Morgan fingerprint density at radius 3 is 2.68 bits per heavy atom. The van der Waals surface area contributed by atoms with Gasteiger partial charge in [-0.25, -0.2) is 14.8 Å². The summed E-state index contributed by atoms with van der Waals surface area (Å²) in [7, 11) is 4.47. The number of hydrogen-bond donors (Lipinski definition) is 1. The number of halogens is 1. The summed E-state index contributed by atoms with van der Waals surface area (Å²) in [5.74, 6) is 0.695. The maximum atomic E-state index is 13.6. The number of nitrogens with one attached hydrogen (secondary N) is 1. The van der Waals surface area contributed by atoms with E-state index in [4.69, 9.17) is 16.6 Å². The molecule has 212 valence electrons. The zero-order chi connectivity index (χ0) is 28.8. The van der Waals surface area contributed by atoms with Gasteiger partial charge in [-0.1, -0.05) is 18.5 Å². The summed E-state index contributed by atoms with van der Waals surface area (Å²) in [6, 6.07) is 4.91. The van der Waals surface area contributed by atoms with E-state index in [0.29, 0.717) is 63.8 Å². The van der Waals surface area contributed by atoms with Crippen LogP contribution in [-0.4, -0.2) is 55.0 Å². The number of carbonyl (C=O) groups excluding carboxylic acids is 1. The van der Waals surface area contributed by atoms with E-state index in [0.717, 1.165) is 19.3 Å². The highest BCUT2D eigenvalue weighted by Crippen LogP contribution is 2.41. The summed E-state index contributed by atoms with van der Waals surface area (Å²) in [5.41, 5.74) is 1.35. The molecule has 1 saturated carbocycles. The van der Waals surface area contributed by atoms with E-state index in [1.807, 2.05) is 18.9 Å². The van der Waals surface area contributed by atoms with Crippen LogP contribution < -0.4 is 26.4 Å². The molecule has 41 heavy (non-hydrogen) atoms. The molecule has 0 saturated heterocycles. The van der Waals surface area contributed by atoms with E-state index in [9.17, 15) is 14.4 Å². The van der Waals surface area contributed by atoms with Crippen molar-refractivity contribution >= 4 is 55.0 Å². The molecule has 0 aromatic carbocycles. The third-order valence-corrected chi connectivity index (χ3v) is 7.88. The van der Waals surface area contributed by atoms with Crippen LogP contribution in [0.1, 0.15) is 54.3 Å². The molecule has 14 heteroatoms. The zero-order valence-electron chi connectivity index (χ0n) is 22.6. The molecule has 2 atom stereocenters. The minimum Gasteiger partial charge on any atom is -0.354 e. The lowest BCUT2D eigenvalue weighted by Gasteiger charge is -2.26. The fourth-order valence-corrected chi connectivity index (χ4v) is 5.74. The molecule has 12 nitrogen and oxygen atoms in total. The van der Waals surface area contributed by atoms with Crippen LogP contribution in [0.2, 0.25) is 5.15 Å². The summed E-state index contributed by atoms with van der Waals surface area (Å²) < 4.78 is 3.06. The molecule has 6 rings (SSSR count). The number of pyridine rings is 2. The average Bonchev–Trinajstić information content (AvgIpc) is 3.75. The van der Waals surface area contributed by atoms with Crippen molar-refractivity contribution in [1.82, 2.24) is 29.3 Å². The van der Waals surface area contributed by atoms with Crippen molar-refractivity contribution < 1.29 is 4.79 Å². The lowest BCUT2D eigenvalue weighted by atomic mass is 10.1. The number of anilines is 3. The Morgan fingerprint density at radius 2 is 2.00 bits per heavy atom. The van der Waals surface area contributed by atoms with Crippen molar-refractivity contribution in [2.24, 2.45) is 0 Å². The van der Waals surface area contributed by atoms with Crippen LogP contribution in [0.25, 0.3) is 10.9 Å². The first-order chi connectivity index (χ1) is 19.8. The molecule has 0 bridgehead atoms. The van der Waals surface area contributed by atoms with Gasteiger partial charge in [0.05, 0.1) is 11.8 Å². The van der Waals surface area contributed by atoms with Crippen LogP contribution in [0.3, 0.4) is 0 Å². The maximum absolute atomic E-state index is 13.6. The van der Waals surface area contributed by atoms with Gasteiger partial charge in [0.1, 0.15) is 34.2 Å². The van der Waals surface area contributed by atoms with Gasteiger partial charge in [0, 0.05) is 49.5 Å². The Bertz CT molecular complexity index is 1770. The van der Waals surface area contributed by atoms with Gasteiger partial charge in [0.2, 0.25) is 0 Å². The molecule has 1 N–H and O–H groups in total. The molecular formula is C27H29ClN9O3P. The standard InChI is InChI=1S/C27H29ClN9O3P/c1-3-10-36-24-21(26(39)37(27(36)40)16-5-6-16)32-23(34(24)2)18-14-30-22(17-8-9-31-33-20(17)18)35(11-12-41)25(38)15-4-7-19(28)29-13-15/h4,7-9,13-14,16,23,32H,3,5-6,10-12,41H2,1-2H3. The highest BCUT2D eigenvalue weighted by atomic mass is 35.5. The van der Waals surface area contributed by atoms with Gasteiger partial charge in [0.25, 0.3) is 11.5 Å². The molecule has 0 spiro atoms. The third kappa shape index (κ3) is 4.64. The second-order valence-corrected chi connectivity index (χ2v) is 11.1. The van der Waals surface area contributed by atoms with E-state index in [2.05, 4.69) is 29.7 Å². The van der Waals surface area contributed by atoms with Gasteiger partial charge in [-0.05, 0) is 43.6 Å². The van der Waals surface area contributed by atoms with Gasteiger partial charge in [-0.15, -0.1) is 14.3 Å². The van der Waals surface area contributed by atoms with Gasteiger partial charge < -0.3 is 10.2 Å². The quantitative estimate of drug-likeness (QED) is 0.242. The first-order valence-electron chi connectivity index (χ1n) is 13.5. The van der Waals surface area contributed by atoms with Gasteiger partial charge in [-0.2, -0.15) is 5.10 Å². The van der Waals surface area contributed by atoms with Crippen LogP contribution in [0, 0.1) is 0 Å². The summed E-state index contributed by atoms with van der Waals surface area (Å²) in [5, 5.41) is 12.8. The minimum absolute atomic E-state index is 0.0571. The molecule has 4 aromatic rings. The smallest absolute Gasteiger partial charge is 0.332 e. The molecule has 4 aromatic heterocycles. The van der Waals surface area contributed by atoms with Crippen molar-refractivity contribution in [2.45, 2.75) is 44.9 Å². The van der Waals surface area contributed by atoms with Gasteiger partial charge in [-0.3, -0.25) is 23.6 Å². The second-order valence-electron chi connectivity index (χ2n) is 10.1. The highest BCUT2D eigenvalue weighted by Gasteiger charge is 2.38. The predicted octanol–water partition coefficient (Wildman–Crippen LogP) is 3.22. The summed E-state index contributed by atoms with van der Waals surface area (Å²) in [4.78, 5) is 52.7. The van der Waals surface area contributed by atoms with Crippen molar-refractivity contribution in [1.29, 1.82) is 0 Å². The molecule has 1 amide bonds. The number of nitrogens with zero attached hydrogens (tertiary/aromatic N) is 8. The molecule has 0 radical (unpaired) electrons. The first kappa shape index (κ1) is 27.3. The Labute approximate surface area is 242 Å². The molecular weight excluding hydrogens is 565 g/mol. The monoisotopic (exact) mass is 593 g/mol. The maximum Gasteiger partial charge on any atom is 0.332 e. The number of fused-ring (bicyclic) bond motifs is 2. The SMILES string of the molecule is CCCn1c2c(c(=O)n(C3CC3)c1=O)NC(c1cnc(N(CCP)C(=O)c3ccc(Cl)nc3)c3ccnnc13)N2C. The van der Waals surface area contributed by atoms with Crippen molar-refractivity contribution in [3.63, 3.8) is 0 Å². The normalized spacial score (nSPS) is 16.1. The van der Waals surface area contributed by atoms with Crippen molar-refractivity contribution in [3.05, 3.63) is 73.9 Å². The van der Waals surface area contributed by atoms with Crippen LogP contribution in [0.4, 0.5) is 17.3 Å². The summed E-state index contributed by atoms with van der Waals surface area (Å²) in [6.07, 6.45) is 7.10. The summed E-state index contributed by atoms with van der Waals surface area (Å²) in [6.45, 7) is 2.86. The topological polar surface area (TPSA) is 131 Å². The van der Waals surface area contributed by atoms with Gasteiger partial charge >= 0.3 is 5.69 Å². The number of carbonyl (C=O) groups is 1. The van der Waals surface area contributed by atoms with E-state index in [1.165, 1.54) is 10.8 Å². The average molecular weight is 594 g/mol. The molecule has 1 fully saturated rings.